The number of hydrogen-bond acceptors (Lipinski definition) is 2. The number of carbonyl (C=O) groups excluding carboxylic acids is 1. The van der Waals surface area contributed by atoms with E-state index < -0.39 is 0 Å². The molecule has 2 nitrogen and oxygen atoms in total. The van der Waals surface area contributed by atoms with Gasteiger partial charge in [0.05, 0.1) is 6.42 Å². The molecule has 0 radical (unpaired) electrons. The first kappa shape index (κ1) is 5.27. The lowest BCUT2D eigenvalue weighted by atomic mass is 10.1. The van der Waals surface area contributed by atoms with E-state index in [1.54, 1.807) is 0 Å². The third-order valence-electron chi connectivity index (χ3n) is 2.59. The molecule has 50 valence electrons. The number of rotatable bonds is 0. The average Bonchev–Trinajstić information content (AvgIpc) is 2.27. The van der Waals surface area contributed by atoms with Gasteiger partial charge in [0.2, 0.25) is 0 Å². The lowest BCUT2D eigenvalue weighted by Gasteiger charge is -2.05. The molecular weight excluding hydrogens is 116 g/mol. The molecule has 0 N–H and O–H groups in total. The van der Waals surface area contributed by atoms with E-state index in [9.17, 15) is 4.79 Å². The molecule has 1 aliphatic carbocycles. The summed E-state index contributed by atoms with van der Waals surface area (Å²) in [6.45, 7) is 4.30. The number of ether oxygens (including phenoxy) is 1. The third kappa shape index (κ3) is 0.485. The van der Waals surface area contributed by atoms with Crippen molar-refractivity contribution in [3.05, 3.63) is 0 Å². The predicted octanol–water partition coefficient (Wildman–Crippen LogP) is 0.958. The Morgan fingerprint density at radius 1 is 1.67 bits per heavy atom. The van der Waals surface area contributed by atoms with Crippen molar-refractivity contribution >= 4 is 5.97 Å². The molecule has 0 spiro atoms. The van der Waals surface area contributed by atoms with Crippen LogP contribution in [0.1, 0.15) is 20.3 Å². The number of carbonyl (C=O) groups is 1. The highest BCUT2D eigenvalue weighted by Gasteiger charge is 2.65. The van der Waals surface area contributed by atoms with Gasteiger partial charge in [-0.1, -0.05) is 13.8 Å². The minimum atomic E-state index is -0.00988. The summed E-state index contributed by atoms with van der Waals surface area (Å²) in [6.07, 6.45) is 0.905. The zero-order valence-corrected chi connectivity index (χ0v) is 5.68. The summed E-state index contributed by atoms with van der Waals surface area (Å²) in [7, 11) is 0. The van der Waals surface area contributed by atoms with Crippen LogP contribution < -0.4 is 0 Å². The highest BCUT2D eigenvalue weighted by molar-refractivity contribution is 5.74. The largest absolute Gasteiger partial charge is 0.461 e. The first-order valence-corrected chi connectivity index (χ1v) is 3.32. The molecule has 2 heteroatoms. The van der Waals surface area contributed by atoms with Gasteiger partial charge < -0.3 is 4.74 Å². The Kier molecular flexibility index (Phi) is 0.675. The molecule has 1 saturated heterocycles. The Labute approximate surface area is 54.2 Å². The van der Waals surface area contributed by atoms with Gasteiger partial charge in [0.1, 0.15) is 6.10 Å². The van der Waals surface area contributed by atoms with Crippen molar-refractivity contribution in [2.75, 3.05) is 0 Å². The highest BCUT2D eigenvalue weighted by atomic mass is 16.6. The Morgan fingerprint density at radius 3 is 2.67 bits per heavy atom. The molecule has 0 unspecified atom stereocenters. The van der Waals surface area contributed by atoms with Crippen LogP contribution >= 0.6 is 0 Å². The second kappa shape index (κ2) is 1.15. The maximum atomic E-state index is 10.5. The van der Waals surface area contributed by atoms with E-state index in [0.29, 0.717) is 17.8 Å². The van der Waals surface area contributed by atoms with E-state index in [0.717, 1.165) is 0 Å². The Bertz CT molecular complexity index is 156. The topological polar surface area (TPSA) is 26.3 Å². The van der Waals surface area contributed by atoms with E-state index in [2.05, 4.69) is 13.8 Å². The summed E-state index contributed by atoms with van der Waals surface area (Å²) in [6, 6.07) is 0. The highest BCUT2D eigenvalue weighted by Crippen LogP contribution is 2.59. The quantitative estimate of drug-likeness (QED) is 0.452. The van der Waals surface area contributed by atoms with Crippen LogP contribution in [-0.4, -0.2) is 12.1 Å². The van der Waals surface area contributed by atoms with Crippen LogP contribution in [0.15, 0.2) is 0 Å². The minimum Gasteiger partial charge on any atom is -0.461 e. The van der Waals surface area contributed by atoms with Gasteiger partial charge in [-0.3, -0.25) is 4.79 Å². The maximum Gasteiger partial charge on any atom is 0.306 e. The van der Waals surface area contributed by atoms with Crippen LogP contribution in [0.5, 0.6) is 0 Å². The fourth-order valence-corrected chi connectivity index (χ4v) is 1.67. The van der Waals surface area contributed by atoms with E-state index >= 15 is 0 Å². The van der Waals surface area contributed by atoms with Gasteiger partial charge in [-0.15, -0.1) is 0 Å². The molecule has 1 saturated carbocycles. The molecule has 2 atom stereocenters. The third-order valence-corrected chi connectivity index (χ3v) is 2.59. The van der Waals surface area contributed by atoms with Gasteiger partial charge in [-0.2, -0.15) is 0 Å². The first-order valence-electron chi connectivity index (χ1n) is 3.32. The molecule has 9 heavy (non-hydrogen) atoms. The molecule has 0 bridgehead atoms. The lowest BCUT2D eigenvalue weighted by Crippen LogP contribution is -2.08. The summed E-state index contributed by atoms with van der Waals surface area (Å²) in [5.41, 5.74) is 0.300. The molecule has 1 heterocycles. The summed E-state index contributed by atoms with van der Waals surface area (Å²) in [5, 5.41) is 0. The van der Waals surface area contributed by atoms with Crippen LogP contribution in [0.3, 0.4) is 0 Å². The first-order chi connectivity index (χ1) is 4.12. The lowest BCUT2D eigenvalue weighted by molar-refractivity contribution is -0.142. The predicted molar refractivity (Wildman–Crippen MR) is 31.8 cm³/mol. The van der Waals surface area contributed by atoms with Crippen LogP contribution in [0.25, 0.3) is 0 Å². The van der Waals surface area contributed by atoms with Crippen molar-refractivity contribution in [2.24, 2.45) is 11.3 Å². The van der Waals surface area contributed by atoms with Gasteiger partial charge >= 0.3 is 5.97 Å². The monoisotopic (exact) mass is 126 g/mol. The Hall–Kier alpha value is -0.530. The molecule has 2 fully saturated rings. The van der Waals surface area contributed by atoms with Crippen molar-refractivity contribution in [3.8, 4) is 0 Å². The number of fused-ring (bicyclic) bond motifs is 1. The van der Waals surface area contributed by atoms with Crippen molar-refractivity contribution in [1.82, 2.24) is 0 Å². The smallest absolute Gasteiger partial charge is 0.306 e. The normalized spacial score (nSPS) is 44.0. The summed E-state index contributed by atoms with van der Waals surface area (Å²) in [5.74, 6) is 0.523. The molecule has 2 rings (SSSR count). The van der Waals surface area contributed by atoms with E-state index in [1.807, 2.05) is 0 Å². The van der Waals surface area contributed by atoms with E-state index in [-0.39, 0.29) is 12.1 Å². The van der Waals surface area contributed by atoms with Gasteiger partial charge in [0, 0.05) is 11.3 Å². The second-order valence-corrected chi connectivity index (χ2v) is 3.54. The molecular formula is C7H10O2. The Balaban J connectivity index is 2.14. The van der Waals surface area contributed by atoms with Gasteiger partial charge in [-0.05, 0) is 0 Å². The van der Waals surface area contributed by atoms with Crippen molar-refractivity contribution in [1.29, 1.82) is 0 Å². The van der Waals surface area contributed by atoms with E-state index in [4.69, 9.17) is 4.74 Å². The fraction of sp³-hybridized carbons (Fsp3) is 0.857. The summed E-state index contributed by atoms with van der Waals surface area (Å²) in [4.78, 5) is 10.5. The standard InChI is InChI=1S/C7H10O2/c1-7(2)4-3-5(8)9-6(4)7/h4,6H,3H2,1-2H3/t4-,6-/m0/s1. The fourth-order valence-electron chi connectivity index (χ4n) is 1.67. The van der Waals surface area contributed by atoms with Crippen LogP contribution in [0.2, 0.25) is 0 Å². The minimum absolute atomic E-state index is 0.00988. The molecule has 0 aromatic rings. The SMILES string of the molecule is CC1(C)[C@H]2CC(=O)O[C@@H]21. The molecule has 0 aromatic carbocycles. The number of hydrogen-bond donors (Lipinski definition) is 0. The second-order valence-electron chi connectivity index (χ2n) is 3.54. The van der Waals surface area contributed by atoms with Crippen LogP contribution in [0.4, 0.5) is 0 Å². The zero-order valence-electron chi connectivity index (χ0n) is 5.68. The number of esters is 1. The molecule has 1 aliphatic heterocycles. The van der Waals surface area contributed by atoms with Crippen LogP contribution in [0, 0.1) is 11.3 Å². The van der Waals surface area contributed by atoms with Crippen molar-refractivity contribution in [2.45, 2.75) is 26.4 Å². The molecule has 0 aromatic heterocycles. The molecule has 0 amide bonds. The van der Waals surface area contributed by atoms with Gasteiger partial charge in [0.25, 0.3) is 0 Å². The maximum absolute atomic E-state index is 10.5. The van der Waals surface area contributed by atoms with E-state index in [1.165, 1.54) is 0 Å². The summed E-state index contributed by atoms with van der Waals surface area (Å²) >= 11 is 0. The van der Waals surface area contributed by atoms with Crippen molar-refractivity contribution in [3.63, 3.8) is 0 Å². The van der Waals surface area contributed by atoms with Crippen molar-refractivity contribution < 1.29 is 9.53 Å². The van der Waals surface area contributed by atoms with Crippen LogP contribution in [-0.2, 0) is 9.53 Å². The van der Waals surface area contributed by atoms with Gasteiger partial charge in [-0.25, -0.2) is 0 Å². The summed E-state index contributed by atoms with van der Waals surface area (Å²) < 4.78 is 5.01. The average molecular weight is 126 g/mol. The zero-order chi connectivity index (χ0) is 6.65. The molecule has 2 aliphatic rings. The Morgan fingerprint density at radius 2 is 2.33 bits per heavy atom. The van der Waals surface area contributed by atoms with Gasteiger partial charge in [0.15, 0.2) is 0 Å².